The second kappa shape index (κ2) is 8.43. The monoisotopic (exact) mass is 483 g/mol. The van der Waals surface area contributed by atoms with Crippen LogP contribution in [0, 0.1) is 5.92 Å². The molecule has 3 aliphatic rings. The maximum atomic E-state index is 13.4. The van der Waals surface area contributed by atoms with Crippen molar-refractivity contribution < 1.29 is 28.7 Å². The van der Waals surface area contributed by atoms with Crippen LogP contribution < -0.4 is 15.4 Å². The number of amides is 4. The third-order valence-corrected chi connectivity index (χ3v) is 7.88. The lowest BCUT2D eigenvalue weighted by Gasteiger charge is -2.33. The van der Waals surface area contributed by atoms with Crippen LogP contribution in [0.3, 0.4) is 0 Å². The summed E-state index contributed by atoms with van der Waals surface area (Å²) in [6, 6.07) is 6.43. The number of benzene rings is 1. The molecule has 2 aliphatic heterocycles. The van der Waals surface area contributed by atoms with Gasteiger partial charge in [0.05, 0.1) is 19.3 Å². The van der Waals surface area contributed by atoms with Gasteiger partial charge >= 0.3 is 12.0 Å². The van der Waals surface area contributed by atoms with Crippen molar-refractivity contribution in [3.8, 4) is 5.75 Å². The standard InChI is InChI=1S/C24H25N3O6S/c1-13-7-8-14-17(11-13)34-20(19(14)21(29)32-2)25-18(28)12-27-22(30)24(26-23(27)31)9-10-33-16-6-4-3-5-15(16)24/h3-6,13H,7-12H2,1-2H3,(H,25,28)(H,26,31). The molecule has 0 radical (unpaired) electrons. The first-order valence-electron chi connectivity index (χ1n) is 11.2. The number of anilines is 1. The first-order chi connectivity index (χ1) is 16.3. The second-order valence-electron chi connectivity index (χ2n) is 8.92. The van der Waals surface area contributed by atoms with Crippen molar-refractivity contribution in [3.05, 3.63) is 45.8 Å². The minimum Gasteiger partial charge on any atom is -0.493 e. The Morgan fingerprint density at radius 3 is 2.91 bits per heavy atom. The molecule has 1 fully saturated rings. The van der Waals surface area contributed by atoms with Gasteiger partial charge in [0.1, 0.15) is 17.3 Å². The lowest BCUT2D eigenvalue weighted by atomic mass is 9.84. The average molecular weight is 484 g/mol. The number of hydrogen-bond donors (Lipinski definition) is 2. The fourth-order valence-corrected chi connectivity index (χ4v) is 6.40. The third kappa shape index (κ3) is 3.53. The number of carbonyl (C=O) groups is 4. The van der Waals surface area contributed by atoms with Crippen LogP contribution in [0.2, 0.25) is 0 Å². The fraction of sp³-hybridized carbons (Fsp3) is 0.417. The molecule has 2 atom stereocenters. The Bertz CT molecular complexity index is 1210. The lowest BCUT2D eigenvalue weighted by Crippen LogP contribution is -2.48. The Hall–Kier alpha value is -3.40. The molecule has 1 saturated heterocycles. The van der Waals surface area contributed by atoms with Crippen molar-refractivity contribution in [1.82, 2.24) is 10.2 Å². The van der Waals surface area contributed by atoms with E-state index in [-0.39, 0.29) is 13.0 Å². The van der Waals surface area contributed by atoms with Crippen LogP contribution >= 0.6 is 11.3 Å². The maximum Gasteiger partial charge on any atom is 0.341 e. The first kappa shape index (κ1) is 22.4. The molecule has 0 saturated carbocycles. The SMILES string of the molecule is COC(=O)c1c(NC(=O)CN2C(=O)NC3(CCOc4ccccc43)C2=O)sc2c1CCC(C)C2. The molecule has 1 spiro atoms. The number of ether oxygens (including phenoxy) is 2. The molecule has 0 bridgehead atoms. The molecule has 1 aromatic carbocycles. The highest BCUT2D eigenvalue weighted by molar-refractivity contribution is 7.17. The molecule has 1 aromatic heterocycles. The molecule has 4 amide bonds. The van der Waals surface area contributed by atoms with E-state index in [1.165, 1.54) is 18.4 Å². The number of fused-ring (bicyclic) bond motifs is 3. The van der Waals surface area contributed by atoms with E-state index in [0.717, 1.165) is 34.6 Å². The summed E-state index contributed by atoms with van der Waals surface area (Å²) >= 11 is 1.36. The van der Waals surface area contributed by atoms with E-state index in [1.54, 1.807) is 24.3 Å². The highest BCUT2D eigenvalue weighted by atomic mass is 32.1. The Balaban J connectivity index is 1.38. The smallest absolute Gasteiger partial charge is 0.341 e. The Labute approximate surface area is 200 Å². The zero-order valence-corrected chi connectivity index (χ0v) is 19.8. The van der Waals surface area contributed by atoms with Crippen molar-refractivity contribution in [2.24, 2.45) is 5.92 Å². The molecular formula is C24H25N3O6S. The van der Waals surface area contributed by atoms with Crippen molar-refractivity contribution in [1.29, 1.82) is 0 Å². The van der Waals surface area contributed by atoms with Gasteiger partial charge in [-0.1, -0.05) is 25.1 Å². The lowest BCUT2D eigenvalue weighted by molar-refractivity contribution is -0.135. The van der Waals surface area contributed by atoms with Crippen molar-refractivity contribution in [2.75, 3.05) is 25.6 Å². The van der Waals surface area contributed by atoms with E-state index in [9.17, 15) is 19.2 Å². The predicted octanol–water partition coefficient (Wildman–Crippen LogP) is 2.83. The van der Waals surface area contributed by atoms with Crippen LogP contribution in [0.25, 0.3) is 0 Å². The summed E-state index contributed by atoms with van der Waals surface area (Å²) in [6.45, 7) is 1.96. The molecule has 1 aliphatic carbocycles. The van der Waals surface area contributed by atoms with E-state index < -0.39 is 35.9 Å². The molecule has 178 valence electrons. The van der Waals surface area contributed by atoms with Gasteiger partial charge in [0, 0.05) is 16.9 Å². The van der Waals surface area contributed by atoms with Gasteiger partial charge in [-0.2, -0.15) is 0 Å². The topological polar surface area (TPSA) is 114 Å². The number of hydrogen-bond acceptors (Lipinski definition) is 7. The average Bonchev–Trinajstić information content (AvgIpc) is 3.28. The van der Waals surface area contributed by atoms with Crippen LogP contribution in [0.4, 0.5) is 9.80 Å². The van der Waals surface area contributed by atoms with Gasteiger partial charge in [-0.15, -0.1) is 11.3 Å². The minimum absolute atomic E-state index is 0.269. The van der Waals surface area contributed by atoms with Gasteiger partial charge in [-0.25, -0.2) is 9.59 Å². The van der Waals surface area contributed by atoms with Crippen LogP contribution in [0.15, 0.2) is 24.3 Å². The Morgan fingerprint density at radius 2 is 2.12 bits per heavy atom. The predicted molar refractivity (Wildman–Crippen MR) is 124 cm³/mol. The quantitative estimate of drug-likeness (QED) is 0.511. The summed E-state index contributed by atoms with van der Waals surface area (Å²) in [5.41, 5.74) is 0.616. The molecular weight excluding hydrogens is 458 g/mol. The summed E-state index contributed by atoms with van der Waals surface area (Å²) in [5.74, 6) is -0.525. The van der Waals surface area contributed by atoms with Gasteiger partial charge < -0.3 is 20.1 Å². The number of esters is 1. The molecule has 10 heteroatoms. The van der Waals surface area contributed by atoms with Crippen molar-refractivity contribution >= 4 is 40.2 Å². The fourth-order valence-electron chi connectivity index (χ4n) is 4.98. The molecule has 3 heterocycles. The first-order valence-corrected chi connectivity index (χ1v) is 12.0. The van der Waals surface area contributed by atoms with E-state index in [0.29, 0.717) is 27.8 Å². The van der Waals surface area contributed by atoms with E-state index in [4.69, 9.17) is 9.47 Å². The third-order valence-electron chi connectivity index (χ3n) is 6.71. The van der Waals surface area contributed by atoms with E-state index >= 15 is 0 Å². The molecule has 9 nitrogen and oxygen atoms in total. The zero-order valence-electron chi connectivity index (χ0n) is 18.9. The zero-order chi connectivity index (χ0) is 24.0. The number of para-hydroxylation sites is 1. The van der Waals surface area contributed by atoms with Crippen LogP contribution in [0.5, 0.6) is 5.75 Å². The summed E-state index contributed by atoms with van der Waals surface area (Å²) in [5, 5.41) is 5.94. The second-order valence-corrected chi connectivity index (χ2v) is 10.0. The van der Waals surface area contributed by atoms with E-state index in [1.807, 2.05) is 0 Å². The van der Waals surface area contributed by atoms with E-state index in [2.05, 4.69) is 17.6 Å². The van der Waals surface area contributed by atoms with Gasteiger partial charge in [0.15, 0.2) is 5.54 Å². The molecule has 2 N–H and O–H groups in total. The number of rotatable bonds is 4. The van der Waals surface area contributed by atoms with Gasteiger partial charge in [0.25, 0.3) is 5.91 Å². The number of imide groups is 1. The minimum atomic E-state index is -1.25. The van der Waals surface area contributed by atoms with Gasteiger partial charge in [-0.3, -0.25) is 14.5 Å². The van der Waals surface area contributed by atoms with Crippen LogP contribution in [0.1, 0.15) is 46.1 Å². The number of methoxy groups -OCH3 is 1. The molecule has 5 rings (SSSR count). The molecule has 2 aromatic rings. The highest BCUT2D eigenvalue weighted by Gasteiger charge is 2.55. The number of thiophene rings is 1. The van der Waals surface area contributed by atoms with Gasteiger partial charge in [-0.05, 0) is 36.8 Å². The molecule has 2 unspecified atom stereocenters. The van der Waals surface area contributed by atoms with Gasteiger partial charge in [0.2, 0.25) is 5.91 Å². The van der Waals surface area contributed by atoms with Crippen molar-refractivity contribution in [3.63, 3.8) is 0 Å². The van der Waals surface area contributed by atoms with Crippen LogP contribution in [-0.4, -0.2) is 49.0 Å². The summed E-state index contributed by atoms with van der Waals surface area (Å²) in [7, 11) is 1.31. The number of nitrogens with one attached hydrogen (secondary N) is 2. The normalized spacial score (nSPS) is 23.1. The maximum absolute atomic E-state index is 13.4. The number of carbonyl (C=O) groups excluding carboxylic acids is 4. The van der Waals surface area contributed by atoms with Crippen molar-refractivity contribution in [2.45, 2.75) is 38.1 Å². The summed E-state index contributed by atoms with van der Waals surface area (Å²) in [6.07, 6.45) is 2.80. The molecule has 34 heavy (non-hydrogen) atoms. The Morgan fingerprint density at radius 1 is 1.32 bits per heavy atom. The Kier molecular flexibility index (Phi) is 5.55. The summed E-state index contributed by atoms with van der Waals surface area (Å²) < 4.78 is 10.6. The summed E-state index contributed by atoms with van der Waals surface area (Å²) in [4.78, 5) is 53.6. The number of urea groups is 1. The number of nitrogens with zero attached hydrogens (tertiary/aromatic N) is 1. The largest absolute Gasteiger partial charge is 0.493 e. The highest BCUT2D eigenvalue weighted by Crippen LogP contribution is 2.42. The van der Waals surface area contributed by atoms with Crippen LogP contribution in [-0.2, 0) is 32.7 Å².